The zero-order chi connectivity index (χ0) is 12.2. The third-order valence-corrected chi connectivity index (χ3v) is 3.57. The second-order valence-corrected chi connectivity index (χ2v) is 6.97. The summed E-state index contributed by atoms with van der Waals surface area (Å²) in [5.74, 6) is 0.172. The van der Waals surface area contributed by atoms with Crippen LogP contribution < -0.4 is 5.32 Å². The van der Waals surface area contributed by atoms with E-state index in [1.807, 2.05) is 11.9 Å². The first-order valence-corrected chi connectivity index (χ1v) is 7.70. The monoisotopic (exact) mass is 250 g/mol. The van der Waals surface area contributed by atoms with E-state index in [1.165, 1.54) is 19.1 Å². The van der Waals surface area contributed by atoms with Crippen molar-refractivity contribution in [3.63, 3.8) is 0 Å². The summed E-state index contributed by atoms with van der Waals surface area (Å²) in [4.78, 5) is 1.94. The van der Waals surface area contributed by atoms with Crippen LogP contribution in [0.3, 0.4) is 0 Å². The van der Waals surface area contributed by atoms with E-state index >= 15 is 0 Å². The van der Waals surface area contributed by atoms with Crippen LogP contribution in [0.2, 0.25) is 0 Å². The first-order valence-electron chi connectivity index (χ1n) is 5.64. The Morgan fingerprint density at radius 2 is 2.12 bits per heavy atom. The number of sulfone groups is 1. The summed E-state index contributed by atoms with van der Waals surface area (Å²) < 4.78 is 22.0. The Morgan fingerprint density at radius 1 is 1.50 bits per heavy atom. The van der Waals surface area contributed by atoms with Crippen molar-refractivity contribution in [2.45, 2.75) is 24.9 Å². The molecule has 0 aromatic rings. The average Bonchev–Trinajstić information content (AvgIpc) is 2.96. The van der Waals surface area contributed by atoms with Gasteiger partial charge in [-0.2, -0.15) is 0 Å². The molecule has 16 heavy (non-hydrogen) atoms. The lowest BCUT2D eigenvalue weighted by molar-refractivity contribution is 0.201. The molecule has 0 heterocycles. The molecule has 0 aliphatic heterocycles. The van der Waals surface area contributed by atoms with Crippen molar-refractivity contribution >= 4 is 9.84 Å². The van der Waals surface area contributed by atoms with Crippen molar-refractivity contribution in [1.29, 1.82) is 0 Å². The van der Waals surface area contributed by atoms with Gasteiger partial charge in [0.05, 0.1) is 12.4 Å². The Morgan fingerprint density at radius 3 is 2.56 bits per heavy atom. The molecule has 0 saturated heterocycles. The molecule has 5 nitrogen and oxygen atoms in total. The van der Waals surface area contributed by atoms with Crippen LogP contribution in [0.25, 0.3) is 0 Å². The quantitative estimate of drug-likeness (QED) is 0.583. The molecule has 0 spiro atoms. The molecule has 0 radical (unpaired) electrons. The Kier molecular flexibility index (Phi) is 5.17. The third-order valence-electron chi connectivity index (χ3n) is 2.65. The van der Waals surface area contributed by atoms with Gasteiger partial charge in [0.2, 0.25) is 0 Å². The summed E-state index contributed by atoms with van der Waals surface area (Å²) in [5.41, 5.74) is 0. The smallest absolute Gasteiger partial charge is 0.148 e. The zero-order valence-electron chi connectivity index (χ0n) is 10.0. The minimum Gasteiger partial charge on any atom is -0.395 e. The van der Waals surface area contributed by atoms with Crippen LogP contribution in [0, 0.1) is 0 Å². The molecule has 6 heteroatoms. The summed E-state index contributed by atoms with van der Waals surface area (Å²) >= 11 is 0. The fourth-order valence-corrected chi connectivity index (χ4v) is 2.18. The molecule has 1 aliphatic carbocycles. The van der Waals surface area contributed by atoms with Crippen LogP contribution >= 0.6 is 0 Å². The number of hydrogen-bond acceptors (Lipinski definition) is 5. The van der Waals surface area contributed by atoms with Crippen LogP contribution in [0.1, 0.15) is 12.8 Å². The fourth-order valence-electron chi connectivity index (χ4n) is 1.54. The van der Waals surface area contributed by atoms with Gasteiger partial charge in [-0.15, -0.1) is 0 Å². The Balaban J connectivity index is 2.22. The number of rotatable bonds is 8. The topological polar surface area (TPSA) is 69.6 Å². The lowest BCUT2D eigenvalue weighted by Crippen LogP contribution is -2.44. The number of nitrogens with zero attached hydrogens (tertiary/aromatic N) is 1. The minimum atomic E-state index is -2.90. The van der Waals surface area contributed by atoms with Gasteiger partial charge in [0.15, 0.2) is 0 Å². The predicted molar refractivity (Wildman–Crippen MR) is 64.2 cm³/mol. The van der Waals surface area contributed by atoms with Gasteiger partial charge in [0.25, 0.3) is 0 Å². The molecular formula is C10H22N2O3S. The highest BCUT2D eigenvalue weighted by Gasteiger charge is 2.24. The highest BCUT2D eigenvalue weighted by molar-refractivity contribution is 7.90. The van der Waals surface area contributed by atoms with Crippen molar-refractivity contribution in [1.82, 2.24) is 10.2 Å². The van der Waals surface area contributed by atoms with E-state index in [0.29, 0.717) is 19.1 Å². The highest BCUT2D eigenvalue weighted by Crippen LogP contribution is 2.19. The Hall–Kier alpha value is -0.170. The number of aliphatic hydroxyl groups is 1. The molecule has 1 unspecified atom stereocenters. The Labute approximate surface area is 97.7 Å². The van der Waals surface area contributed by atoms with E-state index in [2.05, 4.69) is 5.32 Å². The van der Waals surface area contributed by atoms with E-state index in [0.717, 1.165) is 0 Å². The maximum absolute atomic E-state index is 11.0. The van der Waals surface area contributed by atoms with Crippen molar-refractivity contribution in [2.75, 3.05) is 38.8 Å². The highest BCUT2D eigenvalue weighted by atomic mass is 32.2. The van der Waals surface area contributed by atoms with Gasteiger partial charge in [0, 0.05) is 31.4 Å². The fraction of sp³-hybridized carbons (Fsp3) is 1.00. The molecule has 0 aromatic heterocycles. The van der Waals surface area contributed by atoms with E-state index in [-0.39, 0.29) is 18.4 Å². The van der Waals surface area contributed by atoms with Crippen molar-refractivity contribution in [3.8, 4) is 0 Å². The number of nitrogens with one attached hydrogen (secondary N) is 1. The summed E-state index contributed by atoms with van der Waals surface area (Å²) in [6.45, 7) is 1.30. The van der Waals surface area contributed by atoms with Gasteiger partial charge in [-0.1, -0.05) is 0 Å². The van der Waals surface area contributed by atoms with Crippen LogP contribution in [-0.4, -0.2) is 69.3 Å². The van der Waals surface area contributed by atoms with Crippen LogP contribution in [0.15, 0.2) is 0 Å². The van der Waals surface area contributed by atoms with Gasteiger partial charge in [-0.25, -0.2) is 8.42 Å². The number of hydrogen-bond donors (Lipinski definition) is 2. The van der Waals surface area contributed by atoms with Gasteiger partial charge in [-0.3, -0.25) is 0 Å². The third kappa shape index (κ3) is 6.42. The molecule has 0 amide bonds. The largest absolute Gasteiger partial charge is 0.395 e. The predicted octanol–water partition coefficient (Wildman–Crippen LogP) is -0.924. The molecule has 1 fully saturated rings. The minimum absolute atomic E-state index is 0.0528. The molecule has 2 N–H and O–H groups in total. The van der Waals surface area contributed by atoms with Crippen LogP contribution in [-0.2, 0) is 9.84 Å². The van der Waals surface area contributed by atoms with E-state index in [9.17, 15) is 13.5 Å². The molecule has 96 valence electrons. The van der Waals surface area contributed by atoms with E-state index in [4.69, 9.17) is 0 Å². The molecule has 0 bridgehead atoms. The van der Waals surface area contributed by atoms with Gasteiger partial charge in [-0.05, 0) is 19.9 Å². The van der Waals surface area contributed by atoms with Crippen LogP contribution in [0.4, 0.5) is 0 Å². The molecule has 1 rings (SSSR count). The average molecular weight is 250 g/mol. The first-order chi connectivity index (χ1) is 7.40. The Bertz CT molecular complexity index is 301. The lowest BCUT2D eigenvalue weighted by atomic mass is 10.3. The zero-order valence-corrected chi connectivity index (χ0v) is 10.8. The van der Waals surface area contributed by atoms with Gasteiger partial charge >= 0.3 is 0 Å². The first kappa shape index (κ1) is 13.9. The van der Waals surface area contributed by atoms with E-state index < -0.39 is 9.84 Å². The molecule has 0 aromatic carbocycles. The van der Waals surface area contributed by atoms with Crippen molar-refractivity contribution < 1.29 is 13.5 Å². The summed E-state index contributed by atoms with van der Waals surface area (Å²) in [6.07, 6.45) is 3.61. The second kappa shape index (κ2) is 5.95. The van der Waals surface area contributed by atoms with Crippen molar-refractivity contribution in [2.24, 2.45) is 0 Å². The number of aliphatic hydroxyl groups excluding tert-OH is 1. The summed E-state index contributed by atoms with van der Waals surface area (Å²) in [6, 6.07) is 0.609. The van der Waals surface area contributed by atoms with Gasteiger partial charge in [0.1, 0.15) is 9.84 Å². The van der Waals surface area contributed by atoms with Crippen molar-refractivity contribution in [3.05, 3.63) is 0 Å². The standard InChI is InChI=1S/C10H22N2O3S/c1-12(5-6-16(2,14)15)7-10(8-13)11-9-3-4-9/h9-11,13H,3-8H2,1-2H3. The molecule has 1 saturated carbocycles. The summed E-state index contributed by atoms with van der Waals surface area (Å²) in [7, 11) is -1.02. The SMILES string of the molecule is CN(CCS(C)(=O)=O)CC(CO)NC1CC1. The second-order valence-electron chi connectivity index (χ2n) is 4.71. The molecule has 1 aliphatic rings. The normalized spacial score (nSPS) is 19.0. The maximum Gasteiger partial charge on any atom is 0.148 e. The number of likely N-dealkylation sites (N-methyl/N-ethyl adjacent to an activating group) is 1. The van der Waals surface area contributed by atoms with Crippen LogP contribution in [0.5, 0.6) is 0 Å². The van der Waals surface area contributed by atoms with Gasteiger partial charge < -0.3 is 15.3 Å². The maximum atomic E-state index is 11.0. The lowest BCUT2D eigenvalue weighted by Gasteiger charge is -2.23. The molecule has 1 atom stereocenters. The summed E-state index contributed by atoms with van der Waals surface area (Å²) in [5, 5.41) is 12.5. The van der Waals surface area contributed by atoms with E-state index in [1.54, 1.807) is 0 Å². The molecular weight excluding hydrogens is 228 g/mol.